The molecule has 0 unspecified atom stereocenters. The highest BCUT2D eigenvalue weighted by molar-refractivity contribution is 5.86. The van der Waals surface area contributed by atoms with E-state index in [1.54, 1.807) is 6.07 Å². The Hall–Kier alpha value is -1.76. The van der Waals surface area contributed by atoms with Gasteiger partial charge in [-0.05, 0) is 17.7 Å². The van der Waals surface area contributed by atoms with E-state index in [4.69, 9.17) is 6.42 Å². The van der Waals surface area contributed by atoms with Gasteiger partial charge in [-0.3, -0.25) is 4.79 Å². The number of Topliss-reactive ketones (excluding diaryl/α,β-unsaturated/α-hetero) is 1. The minimum Gasteiger partial charge on any atom is -0.289 e. The first kappa shape index (κ1) is 11.3. The fourth-order valence-corrected chi connectivity index (χ4v) is 1.06. The molecule has 1 aromatic rings. The lowest BCUT2D eigenvalue weighted by molar-refractivity contribution is -0.170. The predicted octanol–water partition coefficient (Wildman–Crippen LogP) is 2.34. The molecular weight excluding hydrogens is 205 g/mol. The van der Waals surface area contributed by atoms with Crippen molar-refractivity contribution in [3.8, 4) is 12.3 Å². The first-order valence-corrected chi connectivity index (χ1v) is 4.09. The van der Waals surface area contributed by atoms with Crippen LogP contribution in [0.2, 0.25) is 0 Å². The Morgan fingerprint density at radius 1 is 1.40 bits per heavy atom. The van der Waals surface area contributed by atoms with Crippen molar-refractivity contribution in [1.82, 2.24) is 0 Å². The van der Waals surface area contributed by atoms with Crippen LogP contribution in [-0.4, -0.2) is 12.0 Å². The number of hydrogen-bond acceptors (Lipinski definition) is 1. The highest BCUT2D eigenvalue weighted by Gasteiger charge is 2.37. The van der Waals surface area contributed by atoms with Gasteiger partial charge in [0.25, 0.3) is 0 Å². The van der Waals surface area contributed by atoms with E-state index in [1.165, 1.54) is 18.2 Å². The molecule has 0 aliphatic rings. The smallest absolute Gasteiger partial charge is 0.289 e. The number of alkyl halides is 3. The van der Waals surface area contributed by atoms with Crippen LogP contribution >= 0.6 is 0 Å². The molecule has 0 atom stereocenters. The molecule has 0 fully saturated rings. The molecule has 0 amide bonds. The Labute approximate surface area is 84.9 Å². The third-order valence-electron chi connectivity index (χ3n) is 1.77. The fourth-order valence-electron chi connectivity index (χ4n) is 1.06. The summed E-state index contributed by atoms with van der Waals surface area (Å²) in [6.07, 6.45) is -0.375. The summed E-state index contributed by atoms with van der Waals surface area (Å²) < 4.78 is 35.8. The number of rotatable bonds is 2. The second-order valence-electron chi connectivity index (χ2n) is 2.94. The van der Waals surface area contributed by atoms with Crippen molar-refractivity contribution in [3.05, 3.63) is 35.4 Å². The van der Waals surface area contributed by atoms with Crippen molar-refractivity contribution in [2.24, 2.45) is 0 Å². The Balaban J connectivity index is 2.83. The van der Waals surface area contributed by atoms with Gasteiger partial charge in [0.15, 0.2) is 0 Å². The molecule has 15 heavy (non-hydrogen) atoms. The molecule has 78 valence electrons. The summed E-state index contributed by atoms with van der Waals surface area (Å²) in [6.45, 7) is 0. The summed E-state index contributed by atoms with van der Waals surface area (Å²) in [4.78, 5) is 10.7. The van der Waals surface area contributed by atoms with Gasteiger partial charge >= 0.3 is 6.18 Å². The highest BCUT2D eigenvalue weighted by Crippen LogP contribution is 2.19. The van der Waals surface area contributed by atoms with E-state index in [9.17, 15) is 18.0 Å². The topological polar surface area (TPSA) is 17.1 Å². The van der Waals surface area contributed by atoms with Crippen LogP contribution in [0.1, 0.15) is 11.1 Å². The van der Waals surface area contributed by atoms with Crippen LogP contribution in [0.3, 0.4) is 0 Å². The van der Waals surface area contributed by atoms with E-state index in [0.717, 1.165) is 0 Å². The van der Waals surface area contributed by atoms with Gasteiger partial charge < -0.3 is 0 Å². The Morgan fingerprint density at radius 2 is 2.07 bits per heavy atom. The summed E-state index contributed by atoms with van der Waals surface area (Å²) in [5.41, 5.74) is 0.732. The number of hydrogen-bond donors (Lipinski definition) is 0. The summed E-state index contributed by atoms with van der Waals surface area (Å²) in [5.74, 6) is 0.520. The average molecular weight is 212 g/mol. The summed E-state index contributed by atoms with van der Waals surface area (Å²) in [7, 11) is 0. The van der Waals surface area contributed by atoms with Crippen LogP contribution in [0.4, 0.5) is 13.2 Å². The van der Waals surface area contributed by atoms with Gasteiger partial charge in [0.2, 0.25) is 5.78 Å². The third-order valence-corrected chi connectivity index (χ3v) is 1.77. The molecule has 0 aliphatic heterocycles. The normalized spacial score (nSPS) is 10.8. The molecule has 0 heterocycles. The molecule has 0 aromatic heterocycles. The molecule has 0 spiro atoms. The lowest BCUT2D eigenvalue weighted by atomic mass is 10.1. The highest BCUT2D eigenvalue weighted by atomic mass is 19.4. The lowest BCUT2D eigenvalue weighted by Gasteiger charge is -2.05. The lowest BCUT2D eigenvalue weighted by Crippen LogP contribution is -2.24. The van der Waals surface area contributed by atoms with E-state index < -0.39 is 18.4 Å². The van der Waals surface area contributed by atoms with Gasteiger partial charge in [0.1, 0.15) is 0 Å². The molecule has 1 aromatic carbocycles. The maximum Gasteiger partial charge on any atom is 0.450 e. The van der Waals surface area contributed by atoms with Gasteiger partial charge in [-0.2, -0.15) is 13.2 Å². The predicted molar refractivity (Wildman–Crippen MR) is 49.1 cm³/mol. The monoisotopic (exact) mass is 212 g/mol. The molecular formula is C11H7F3O. The van der Waals surface area contributed by atoms with Crippen molar-refractivity contribution in [1.29, 1.82) is 0 Å². The first-order chi connectivity index (χ1) is 6.93. The van der Waals surface area contributed by atoms with Crippen molar-refractivity contribution >= 4 is 5.78 Å². The molecule has 1 rings (SSSR count). The van der Waals surface area contributed by atoms with Gasteiger partial charge in [-0.25, -0.2) is 0 Å². The van der Waals surface area contributed by atoms with Crippen molar-refractivity contribution in [2.45, 2.75) is 12.6 Å². The van der Waals surface area contributed by atoms with Gasteiger partial charge in [-0.15, -0.1) is 6.42 Å². The largest absolute Gasteiger partial charge is 0.450 e. The number of carbonyl (C=O) groups is 1. The Morgan fingerprint density at radius 3 is 2.60 bits per heavy atom. The van der Waals surface area contributed by atoms with Gasteiger partial charge in [-0.1, -0.05) is 18.1 Å². The Bertz CT molecular complexity index is 413. The number of terminal acetylenes is 1. The van der Waals surface area contributed by atoms with Crippen molar-refractivity contribution < 1.29 is 18.0 Å². The third kappa shape index (κ3) is 3.13. The van der Waals surface area contributed by atoms with Crippen LogP contribution in [0.25, 0.3) is 0 Å². The maximum absolute atomic E-state index is 11.9. The second-order valence-corrected chi connectivity index (χ2v) is 2.94. The van der Waals surface area contributed by atoms with Crippen LogP contribution in [0, 0.1) is 12.3 Å². The molecule has 0 saturated heterocycles. The average Bonchev–Trinajstić information content (AvgIpc) is 2.16. The van der Waals surface area contributed by atoms with Crippen LogP contribution < -0.4 is 0 Å². The van der Waals surface area contributed by atoms with Crippen LogP contribution in [0.15, 0.2) is 24.3 Å². The fraction of sp³-hybridized carbons (Fsp3) is 0.182. The number of carbonyl (C=O) groups excluding carboxylic acids is 1. The molecule has 0 N–H and O–H groups in total. The zero-order chi connectivity index (χ0) is 11.5. The number of halogens is 3. The van der Waals surface area contributed by atoms with E-state index in [1.807, 2.05) is 0 Å². The van der Waals surface area contributed by atoms with E-state index in [2.05, 4.69) is 5.92 Å². The quantitative estimate of drug-likeness (QED) is 0.687. The SMILES string of the molecule is C#Cc1cccc(CC(=O)C(F)(F)F)c1. The van der Waals surface area contributed by atoms with E-state index >= 15 is 0 Å². The minimum absolute atomic E-state index is 0.271. The van der Waals surface area contributed by atoms with Crippen molar-refractivity contribution in [2.75, 3.05) is 0 Å². The van der Waals surface area contributed by atoms with E-state index in [-0.39, 0.29) is 5.56 Å². The standard InChI is InChI=1S/C11H7F3O/c1-2-8-4-3-5-9(6-8)7-10(15)11(12,13)14/h1,3-6H,7H2. The molecule has 0 saturated carbocycles. The maximum atomic E-state index is 11.9. The van der Waals surface area contributed by atoms with Gasteiger partial charge in [0.05, 0.1) is 0 Å². The van der Waals surface area contributed by atoms with E-state index in [0.29, 0.717) is 5.56 Å². The van der Waals surface area contributed by atoms with Crippen molar-refractivity contribution in [3.63, 3.8) is 0 Å². The molecule has 4 heteroatoms. The zero-order valence-electron chi connectivity index (χ0n) is 7.64. The first-order valence-electron chi connectivity index (χ1n) is 4.09. The number of benzene rings is 1. The molecule has 0 bridgehead atoms. The minimum atomic E-state index is -4.79. The van der Waals surface area contributed by atoms with Crippen LogP contribution in [0.5, 0.6) is 0 Å². The molecule has 0 aliphatic carbocycles. The number of ketones is 1. The second kappa shape index (κ2) is 4.18. The summed E-state index contributed by atoms with van der Waals surface area (Å²) in [5, 5.41) is 0. The van der Waals surface area contributed by atoms with Crippen LogP contribution in [-0.2, 0) is 11.2 Å². The summed E-state index contributed by atoms with van der Waals surface area (Å²) >= 11 is 0. The Kier molecular flexibility index (Phi) is 3.15. The molecule has 1 nitrogen and oxygen atoms in total. The molecule has 0 radical (unpaired) electrons. The summed E-state index contributed by atoms with van der Waals surface area (Å²) in [6, 6.07) is 5.93. The van der Waals surface area contributed by atoms with Gasteiger partial charge in [0, 0.05) is 12.0 Å². The zero-order valence-corrected chi connectivity index (χ0v) is 7.64.